The molecular weight excluding hydrogens is 171 g/mol. The van der Waals surface area contributed by atoms with Gasteiger partial charge in [-0.3, -0.25) is 4.79 Å². The van der Waals surface area contributed by atoms with Gasteiger partial charge in [0.2, 0.25) is 0 Å². The summed E-state index contributed by atoms with van der Waals surface area (Å²) < 4.78 is 0. The first-order valence-corrected chi connectivity index (χ1v) is 4.99. The number of ketones is 1. The van der Waals surface area contributed by atoms with Crippen LogP contribution >= 0.6 is 0 Å². The monoisotopic (exact) mass is 184 g/mol. The van der Waals surface area contributed by atoms with Gasteiger partial charge in [-0.2, -0.15) is 0 Å². The summed E-state index contributed by atoms with van der Waals surface area (Å²) in [5.74, 6) is 0.0458. The van der Waals surface area contributed by atoms with Gasteiger partial charge in [0.1, 0.15) is 0 Å². The van der Waals surface area contributed by atoms with Crippen LogP contribution in [0.15, 0.2) is 18.2 Å². The largest absolute Gasteiger partial charge is 0.295 e. The summed E-state index contributed by atoms with van der Waals surface area (Å²) in [4.78, 5) is 11.9. The Kier molecular flexibility index (Phi) is 2.22. The van der Waals surface area contributed by atoms with E-state index in [1.165, 1.54) is 0 Å². The van der Waals surface area contributed by atoms with Gasteiger partial charge < -0.3 is 0 Å². The van der Waals surface area contributed by atoms with Crippen molar-refractivity contribution in [3.63, 3.8) is 0 Å². The Hall–Kier alpha value is -1.05. The summed E-state index contributed by atoms with van der Waals surface area (Å²) in [7, 11) is 5.84. The van der Waals surface area contributed by atoms with E-state index in [0.29, 0.717) is 0 Å². The molecule has 2 rings (SSSR count). The van der Waals surface area contributed by atoms with Gasteiger partial charge in [0.15, 0.2) is 5.78 Å². The van der Waals surface area contributed by atoms with E-state index >= 15 is 0 Å². The Balaban J connectivity index is 2.51. The first-order valence-electron chi connectivity index (χ1n) is 4.99. The number of aryl methyl sites for hydroxylation is 1. The van der Waals surface area contributed by atoms with Gasteiger partial charge in [0.05, 0.1) is 7.85 Å². The highest BCUT2D eigenvalue weighted by atomic mass is 16.1. The van der Waals surface area contributed by atoms with E-state index in [1.54, 1.807) is 0 Å². The second-order valence-corrected chi connectivity index (χ2v) is 4.23. The molecule has 1 nitrogen and oxygen atoms in total. The molecule has 0 saturated heterocycles. The molecule has 0 heterocycles. The molecule has 0 saturated carbocycles. The molecule has 0 amide bonds. The zero-order valence-electron chi connectivity index (χ0n) is 8.58. The quantitative estimate of drug-likeness (QED) is 0.565. The van der Waals surface area contributed by atoms with E-state index in [1.807, 2.05) is 26.0 Å². The van der Waals surface area contributed by atoms with Gasteiger partial charge in [0.25, 0.3) is 0 Å². The highest BCUT2D eigenvalue weighted by molar-refractivity contribution is 6.28. The predicted molar refractivity (Wildman–Crippen MR) is 57.9 cm³/mol. The lowest BCUT2D eigenvalue weighted by molar-refractivity contribution is 0.0954. The number of carbonyl (C=O) groups excluding carboxylic acids is 1. The van der Waals surface area contributed by atoms with Gasteiger partial charge >= 0.3 is 0 Å². The van der Waals surface area contributed by atoms with Gasteiger partial charge in [-0.15, -0.1) is 0 Å². The van der Waals surface area contributed by atoms with Crippen molar-refractivity contribution in [1.29, 1.82) is 0 Å². The molecule has 0 fully saturated rings. The minimum absolute atomic E-state index is 0.0995. The molecule has 1 aliphatic rings. The first kappa shape index (κ1) is 9.51. The second kappa shape index (κ2) is 3.27. The number of carbonyl (C=O) groups is 1. The molecule has 2 atom stereocenters. The Morgan fingerprint density at radius 3 is 2.86 bits per heavy atom. The molecule has 1 aromatic rings. The van der Waals surface area contributed by atoms with Gasteiger partial charge in [-0.05, 0) is 36.7 Å². The average Bonchev–Trinajstić information content (AvgIpc) is 2.16. The lowest BCUT2D eigenvalue weighted by Gasteiger charge is -2.27. The van der Waals surface area contributed by atoms with Crippen LogP contribution in [0.1, 0.15) is 28.4 Å². The SMILES string of the molecule is [B]C1C(=O)c2cc(C)ccc2CC1C. The van der Waals surface area contributed by atoms with E-state index in [4.69, 9.17) is 7.85 Å². The molecule has 0 aromatic heterocycles. The van der Waals surface area contributed by atoms with Crippen molar-refractivity contribution in [2.45, 2.75) is 26.1 Å². The summed E-state index contributed by atoms with van der Waals surface area (Å²) in [6, 6.07) is 6.05. The van der Waals surface area contributed by atoms with Crippen molar-refractivity contribution in [3.8, 4) is 0 Å². The van der Waals surface area contributed by atoms with Crippen LogP contribution in [0.25, 0.3) is 0 Å². The Bertz CT molecular complexity index is 384. The minimum atomic E-state index is -0.315. The van der Waals surface area contributed by atoms with E-state index in [2.05, 4.69) is 6.07 Å². The number of rotatable bonds is 0. The molecule has 14 heavy (non-hydrogen) atoms. The fraction of sp³-hybridized carbons (Fsp3) is 0.417. The van der Waals surface area contributed by atoms with Crippen LogP contribution in [0.4, 0.5) is 0 Å². The first-order chi connectivity index (χ1) is 6.59. The van der Waals surface area contributed by atoms with Crippen LogP contribution in [-0.4, -0.2) is 13.6 Å². The fourth-order valence-corrected chi connectivity index (χ4v) is 2.01. The molecule has 0 aliphatic heterocycles. The molecular formula is C12H13BO. The molecule has 1 aromatic carbocycles. The molecule has 0 spiro atoms. The van der Waals surface area contributed by atoms with Gasteiger partial charge in [-0.25, -0.2) is 0 Å². The van der Waals surface area contributed by atoms with Crippen molar-refractivity contribution >= 4 is 13.6 Å². The smallest absolute Gasteiger partial charge is 0.157 e. The van der Waals surface area contributed by atoms with E-state index < -0.39 is 0 Å². The lowest BCUT2D eigenvalue weighted by atomic mass is 9.66. The molecule has 2 heteroatoms. The third kappa shape index (κ3) is 1.39. The van der Waals surface area contributed by atoms with Crippen LogP contribution < -0.4 is 0 Å². The van der Waals surface area contributed by atoms with Crippen LogP contribution in [0.5, 0.6) is 0 Å². The minimum Gasteiger partial charge on any atom is -0.295 e. The molecule has 1 aliphatic carbocycles. The Labute approximate surface area is 85.9 Å². The van der Waals surface area contributed by atoms with Crippen molar-refractivity contribution in [2.24, 2.45) is 5.92 Å². The molecule has 2 radical (unpaired) electrons. The van der Waals surface area contributed by atoms with E-state index in [9.17, 15) is 4.79 Å². The van der Waals surface area contributed by atoms with Crippen molar-refractivity contribution in [2.75, 3.05) is 0 Å². The predicted octanol–water partition coefficient (Wildman–Crippen LogP) is 2.33. The summed E-state index contributed by atoms with van der Waals surface area (Å²) in [6.45, 7) is 4.03. The van der Waals surface area contributed by atoms with Crippen molar-refractivity contribution < 1.29 is 4.79 Å². The molecule has 0 bridgehead atoms. The third-order valence-electron chi connectivity index (χ3n) is 2.99. The van der Waals surface area contributed by atoms with Gasteiger partial charge in [-0.1, -0.05) is 24.6 Å². The van der Waals surface area contributed by atoms with Crippen LogP contribution in [0.2, 0.25) is 5.82 Å². The van der Waals surface area contributed by atoms with Crippen molar-refractivity contribution in [1.82, 2.24) is 0 Å². The topological polar surface area (TPSA) is 17.1 Å². The average molecular weight is 184 g/mol. The zero-order chi connectivity index (χ0) is 10.3. The zero-order valence-corrected chi connectivity index (χ0v) is 8.58. The maximum Gasteiger partial charge on any atom is 0.157 e. The second-order valence-electron chi connectivity index (χ2n) is 4.23. The standard InChI is InChI=1S/C12H13BO/c1-7-3-4-9-6-8(2)11(13)12(14)10(9)5-7/h3-5,8,11H,6H2,1-2H3. The van der Waals surface area contributed by atoms with E-state index in [0.717, 1.165) is 23.1 Å². The summed E-state index contributed by atoms with van der Waals surface area (Å²) in [6.07, 6.45) is 0.919. The molecule has 0 N–H and O–H groups in total. The summed E-state index contributed by atoms with van der Waals surface area (Å²) >= 11 is 0. The number of benzene rings is 1. The highest BCUT2D eigenvalue weighted by Crippen LogP contribution is 2.32. The van der Waals surface area contributed by atoms with Crippen molar-refractivity contribution in [3.05, 3.63) is 34.9 Å². The fourth-order valence-electron chi connectivity index (χ4n) is 2.01. The number of hydrogen-bond donors (Lipinski definition) is 0. The third-order valence-corrected chi connectivity index (χ3v) is 2.99. The van der Waals surface area contributed by atoms with Crippen LogP contribution in [0, 0.1) is 12.8 Å². The number of hydrogen-bond acceptors (Lipinski definition) is 1. The van der Waals surface area contributed by atoms with Crippen LogP contribution in [0.3, 0.4) is 0 Å². The Morgan fingerprint density at radius 1 is 1.43 bits per heavy atom. The highest BCUT2D eigenvalue weighted by Gasteiger charge is 2.28. The number of fused-ring (bicyclic) bond motifs is 1. The maximum atomic E-state index is 11.9. The molecule has 2 unspecified atom stereocenters. The summed E-state index contributed by atoms with van der Waals surface area (Å²) in [5.41, 5.74) is 3.10. The van der Waals surface area contributed by atoms with Gasteiger partial charge in [0, 0.05) is 5.56 Å². The Morgan fingerprint density at radius 2 is 2.14 bits per heavy atom. The number of Topliss-reactive ketones (excluding diaryl/α,β-unsaturated/α-hetero) is 1. The van der Waals surface area contributed by atoms with E-state index in [-0.39, 0.29) is 17.5 Å². The maximum absolute atomic E-state index is 11.9. The molecule has 70 valence electrons. The van der Waals surface area contributed by atoms with Crippen LogP contribution in [-0.2, 0) is 6.42 Å². The summed E-state index contributed by atoms with van der Waals surface area (Å²) in [5, 5.41) is 0. The lowest BCUT2D eigenvalue weighted by Crippen LogP contribution is -2.25. The normalized spacial score (nSPS) is 26.0.